The first-order valence-electron chi connectivity index (χ1n) is 6.09. The van der Waals surface area contributed by atoms with Gasteiger partial charge in [-0.15, -0.1) is 24.8 Å². The van der Waals surface area contributed by atoms with Crippen molar-refractivity contribution in [2.45, 2.75) is 13.8 Å². The van der Waals surface area contributed by atoms with Crippen molar-refractivity contribution in [3.05, 3.63) is 36.8 Å². The lowest BCUT2D eigenvalue weighted by Crippen LogP contribution is -1.98. The molecule has 0 unspecified atom stereocenters. The van der Waals surface area contributed by atoms with Gasteiger partial charge in [0, 0.05) is 12.2 Å². The molecule has 4 nitrogen and oxygen atoms in total. The number of anilines is 1. The van der Waals surface area contributed by atoms with E-state index >= 15 is 0 Å². The van der Waals surface area contributed by atoms with Gasteiger partial charge in [-0.3, -0.25) is 4.99 Å². The fraction of sp³-hybridized carbons (Fsp3) is 0.286. The minimum absolute atomic E-state index is 0. The Morgan fingerprint density at radius 3 is 2.50 bits per heavy atom. The number of rotatable bonds is 5. The molecule has 0 saturated heterocycles. The minimum atomic E-state index is 0. The van der Waals surface area contributed by atoms with Crippen molar-refractivity contribution >= 4 is 36.8 Å². The van der Waals surface area contributed by atoms with Gasteiger partial charge >= 0.3 is 0 Å². The predicted octanol–water partition coefficient (Wildman–Crippen LogP) is 4.02. The van der Waals surface area contributed by atoms with Crippen LogP contribution < -0.4 is 5.32 Å². The number of imidazole rings is 1. The summed E-state index contributed by atoms with van der Waals surface area (Å²) in [4.78, 5) is 11.4. The normalized spacial score (nSPS) is 10.2. The van der Waals surface area contributed by atoms with Gasteiger partial charge in [0.05, 0.1) is 24.6 Å². The number of aromatic amines is 1. The van der Waals surface area contributed by atoms with E-state index in [4.69, 9.17) is 0 Å². The van der Waals surface area contributed by atoms with E-state index in [0.29, 0.717) is 5.92 Å². The summed E-state index contributed by atoms with van der Waals surface area (Å²) in [7, 11) is 0. The highest BCUT2D eigenvalue weighted by atomic mass is 35.5. The lowest BCUT2D eigenvalue weighted by atomic mass is 10.1. The Bertz CT molecular complexity index is 492. The third-order valence-electron chi connectivity index (χ3n) is 2.49. The number of nitrogens with one attached hydrogen (secondary N) is 2. The topological polar surface area (TPSA) is 53.1 Å². The summed E-state index contributed by atoms with van der Waals surface area (Å²) in [5.41, 5.74) is 3.18. The molecule has 1 aromatic heterocycles. The van der Waals surface area contributed by atoms with Gasteiger partial charge in [-0.05, 0) is 23.6 Å². The van der Waals surface area contributed by atoms with Crippen molar-refractivity contribution in [3.8, 4) is 11.3 Å². The van der Waals surface area contributed by atoms with Crippen molar-refractivity contribution in [1.29, 1.82) is 0 Å². The molecule has 2 aromatic rings. The second-order valence-corrected chi connectivity index (χ2v) is 4.58. The molecule has 2 rings (SSSR count). The first-order chi connectivity index (χ1) is 8.75. The molecule has 0 spiro atoms. The van der Waals surface area contributed by atoms with Gasteiger partial charge in [-0.25, -0.2) is 4.98 Å². The molecule has 0 aliphatic rings. The zero-order valence-electron chi connectivity index (χ0n) is 11.5. The largest absolute Gasteiger partial charge is 0.347 e. The molecule has 0 saturated carbocycles. The van der Waals surface area contributed by atoms with Crippen LogP contribution in [-0.4, -0.2) is 22.9 Å². The Kier molecular flexibility index (Phi) is 8.68. The molecule has 1 heterocycles. The average Bonchev–Trinajstić information content (AvgIpc) is 2.89. The van der Waals surface area contributed by atoms with Crippen molar-refractivity contribution < 1.29 is 0 Å². The molecule has 0 bridgehead atoms. The van der Waals surface area contributed by atoms with Crippen LogP contribution in [0.4, 0.5) is 5.69 Å². The zero-order chi connectivity index (χ0) is 12.8. The first-order valence-corrected chi connectivity index (χ1v) is 6.09. The fourth-order valence-electron chi connectivity index (χ4n) is 1.54. The minimum Gasteiger partial charge on any atom is -0.347 e. The SMILES string of the molecule is CC(C)CN=CNc1ccc(-c2cnc[nH]2)cc1.Cl.Cl. The standard InChI is InChI=1S/C14H18N4.2ClH/c1-11(2)7-15-9-17-13-5-3-12(4-6-13)14-8-16-10-18-14;;/h3-6,8-11H,7H2,1-2H3,(H,15,17)(H,16,18);2*1H. The van der Waals surface area contributed by atoms with Gasteiger partial charge in [-0.1, -0.05) is 26.0 Å². The number of aromatic nitrogens is 2. The van der Waals surface area contributed by atoms with E-state index in [2.05, 4.69) is 34.1 Å². The molecule has 1 aromatic carbocycles. The summed E-state index contributed by atoms with van der Waals surface area (Å²) in [6, 6.07) is 8.15. The van der Waals surface area contributed by atoms with Crippen LogP contribution in [0.15, 0.2) is 41.8 Å². The number of hydrogen-bond donors (Lipinski definition) is 2. The average molecular weight is 315 g/mol. The third kappa shape index (κ3) is 5.63. The molecule has 2 N–H and O–H groups in total. The van der Waals surface area contributed by atoms with Crippen LogP contribution in [0, 0.1) is 5.92 Å². The summed E-state index contributed by atoms with van der Waals surface area (Å²) in [5, 5.41) is 3.16. The quantitative estimate of drug-likeness (QED) is 0.647. The first kappa shape index (κ1) is 18.5. The van der Waals surface area contributed by atoms with Crippen LogP contribution in [-0.2, 0) is 0 Å². The molecule has 0 aliphatic carbocycles. The van der Waals surface area contributed by atoms with Crippen molar-refractivity contribution in [2.75, 3.05) is 11.9 Å². The van der Waals surface area contributed by atoms with Gasteiger partial charge in [0.15, 0.2) is 0 Å². The van der Waals surface area contributed by atoms with Gasteiger partial charge in [-0.2, -0.15) is 0 Å². The van der Waals surface area contributed by atoms with Gasteiger partial charge in [0.2, 0.25) is 0 Å². The van der Waals surface area contributed by atoms with Crippen molar-refractivity contribution in [3.63, 3.8) is 0 Å². The van der Waals surface area contributed by atoms with Crippen molar-refractivity contribution in [1.82, 2.24) is 9.97 Å². The van der Waals surface area contributed by atoms with E-state index in [9.17, 15) is 0 Å². The maximum Gasteiger partial charge on any atom is 0.0924 e. The summed E-state index contributed by atoms with van der Waals surface area (Å²) < 4.78 is 0. The highest BCUT2D eigenvalue weighted by molar-refractivity contribution is 5.85. The Morgan fingerprint density at radius 1 is 1.25 bits per heavy atom. The maximum absolute atomic E-state index is 4.29. The number of H-pyrrole nitrogens is 1. The highest BCUT2D eigenvalue weighted by Crippen LogP contribution is 2.18. The molecular weight excluding hydrogens is 295 g/mol. The fourth-order valence-corrected chi connectivity index (χ4v) is 1.54. The predicted molar refractivity (Wildman–Crippen MR) is 90.3 cm³/mol. The molecule has 110 valence electrons. The van der Waals surface area contributed by atoms with E-state index in [-0.39, 0.29) is 24.8 Å². The monoisotopic (exact) mass is 314 g/mol. The van der Waals surface area contributed by atoms with Crippen LogP contribution in [0.5, 0.6) is 0 Å². The molecule has 20 heavy (non-hydrogen) atoms. The molecule has 0 atom stereocenters. The zero-order valence-corrected chi connectivity index (χ0v) is 13.2. The number of hydrogen-bond acceptors (Lipinski definition) is 2. The Morgan fingerprint density at radius 2 is 1.95 bits per heavy atom. The van der Waals surface area contributed by atoms with E-state index < -0.39 is 0 Å². The van der Waals surface area contributed by atoms with Gasteiger partial charge in [0.1, 0.15) is 0 Å². The van der Waals surface area contributed by atoms with Crippen LogP contribution >= 0.6 is 24.8 Å². The van der Waals surface area contributed by atoms with Gasteiger partial charge < -0.3 is 10.3 Å². The van der Waals surface area contributed by atoms with Crippen LogP contribution in [0.1, 0.15) is 13.8 Å². The Hall–Kier alpha value is -1.52. The van der Waals surface area contributed by atoms with Crippen LogP contribution in [0.3, 0.4) is 0 Å². The van der Waals surface area contributed by atoms with E-state index in [0.717, 1.165) is 23.5 Å². The van der Waals surface area contributed by atoms with E-state index in [1.165, 1.54) is 0 Å². The number of halogens is 2. The van der Waals surface area contributed by atoms with Crippen LogP contribution in [0.2, 0.25) is 0 Å². The molecule has 0 radical (unpaired) electrons. The Balaban J connectivity index is 0.00000180. The van der Waals surface area contributed by atoms with Crippen LogP contribution in [0.25, 0.3) is 11.3 Å². The van der Waals surface area contributed by atoms with E-state index in [1.807, 2.05) is 30.5 Å². The van der Waals surface area contributed by atoms with Crippen molar-refractivity contribution in [2.24, 2.45) is 10.9 Å². The molecule has 0 amide bonds. The van der Waals surface area contributed by atoms with E-state index in [1.54, 1.807) is 12.7 Å². The second kappa shape index (κ2) is 9.39. The molecular formula is C14H20Cl2N4. The van der Waals surface area contributed by atoms with Gasteiger partial charge in [0.25, 0.3) is 0 Å². The second-order valence-electron chi connectivity index (χ2n) is 4.58. The molecule has 0 fully saturated rings. The number of benzene rings is 1. The number of aliphatic imine (C=N–C) groups is 1. The smallest absolute Gasteiger partial charge is 0.0924 e. The lowest BCUT2D eigenvalue weighted by Gasteiger charge is -2.02. The summed E-state index contributed by atoms with van der Waals surface area (Å²) in [6.07, 6.45) is 5.25. The lowest BCUT2D eigenvalue weighted by molar-refractivity contribution is 0.667. The molecule has 6 heteroatoms. The summed E-state index contributed by atoms with van der Waals surface area (Å²) >= 11 is 0. The third-order valence-corrected chi connectivity index (χ3v) is 2.49. The summed E-state index contributed by atoms with van der Waals surface area (Å²) in [5.74, 6) is 0.589. The maximum atomic E-state index is 4.29. The highest BCUT2D eigenvalue weighted by Gasteiger charge is 1.97. The Labute approximate surface area is 131 Å². The summed E-state index contributed by atoms with van der Waals surface area (Å²) in [6.45, 7) is 5.15. The molecule has 0 aliphatic heterocycles. The number of nitrogens with zero attached hydrogens (tertiary/aromatic N) is 2.